The summed E-state index contributed by atoms with van der Waals surface area (Å²) in [6.45, 7) is 7.25. The smallest absolute Gasteiger partial charge is 0.193 e. The monoisotopic (exact) mass is 339 g/mol. The van der Waals surface area contributed by atoms with Crippen LogP contribution in [0.3, 0.4) is 0 Å². The van der Waals surface area contributed by atoms with Crippen LogP contribution in [-0.2, 0) is 22.4 Å². The van der Waals surface area contributed by atoms with Crippen LogP contribution in [0.25, 0.3) is 0 Å². The zero-order valence-corrected chi connectivity index (χ0v) is 15.3. The van der Waals surface area contributed by atoms with Gasteiger partial charge in [0.05, 0.1) is 26.4 Å². The van der Waals surface area contributed by atoms with Gasteiger partial charge in [0.1, 0.15) is 0 Å². The van der Waals surface area contributed by atoms with Crippen molar-refractivity contribution >= 4 is 17.3 Å². The lowest BCUT2D eigenvalue weighted by atomic mass is 10.1. The maximum Gasteiger partial charge on any atom is 0.193 e. The van der Waals surface area contributed by atoms with Crippen molar-refractivity contribution in [1.82, 2.24) is 10.2 Å². The number of aliphatic imine (C=N–C) groups is 1. The second kappa shape index (κ2) is 9.90. The quantitative estimate of drug-likeness (QED) is 0.449. The zero-order valence-electron chi connectivity index (χ0n) is 14.5. The summed E-state index contributed by atoms with van der Waals surface area (Å²) in [5, 5.41) is 3.49. The first-order valence-electron chi connectivity index (χ1n) is 8.36. The molecule has 1 atom stereocenters. The molecule has 1 unspecified atom stereocenters. The third-order valence-corrected chi connectivity index (χ3v) is 5.30. The number of thiophene rings is 1. The molecule has 1 aromatic rings. The number of likely N-dealkylation sites (tertiary alicyclic amines) is 1. The fraction of sp³-hybridized carbons (Fsp3) is 0.706. The predicted molar refractivity (Wildman–Crippen MR) is 96.3 cm³/mol. The Morgan fingerprint density at radius 2 is 2.22 bits per heavy atom. The Kier molecular flexibility index (Phi) is 7.85. The van der Waals surface area contributed by atoms with Crippen molar-refractivity contribution in [3.63, 3.8) is 0 Å². The Bertz CT molecular complexity index is 490. The number of methoxy groups -OCH3 is 1. The molecule has 2 heterocycles. The normalized spacial score (nSPS) is 18.7. The summed E-state index contributed by atoms with van der Waals surface area (Å²) < 4.78 is 10.7. The van der Waals surface area contributed by atoms with Gasteiger partial charge in [-0.1, -0.05) is 6.92 Å². The van der Waals surface area contributed by atoms with Crippen molar-refractivity contribution < 1.29 is 9.47 Å². The molecule has 1 aliphatic heterocycles. The summed E-state index contributed by atoms with van der Waals surface area (Å²) in [5.41, 5.74) is 0. The van der Waals surface area contributed by atoms with E-state index in [1.54, 1.807) is 7.11 Å². The Morgan fingerprint density at radius 3 is 2.91 bits per heavy atom. The first-order valence-corrected chi connectivity index (χ1v) is 9.18. The molecule has 5 nitrogen and oxygen atoms in total. The molecule has 23 heavy (non-hydrogen) atoms. The number of aryl methyl sites for hydroxylation is 1. The molecule has 0 radical (unpaired) electrons. The largest absolute Gasteiger partial charge is 0.382 e. The zero-order chi connectivity index (χ0) is 16.5. The average Bonchev–Trinajstić information content (AvgIpc) is 3.22. The highest BCUT2D eigenvalue weighted by Gasteiger charge is 2.24. The van der Waals surface area contributed by atoms with Crippen LogP contribution >= 0.6 is 11.3 Å². The summed E-state index contributed by atoms with van der Waals surface area (Å²) >= 11 is 1.88. The Hall–Kier alpha value is -1.11. The van der Waals surface area contributed by atoms with E-state index in [2.05, 4.69) is 34.3 Å². The van der Waals surface area contributed by atoms with E-state index >= 15 is 0 Å². The van der Waals surface area contributed by atoms with E-state index in [0.29, 0.717) is 19.1 Å². The van der Waals surface area contributed by atoms with Crippen LogP contribution in [0.15, 0.2) is 17.1 Å². The van der Waals surface area contributed by atoms with Crippen LogP contribution in [0.5, 0.6) is 0 Å². The van der Waals surface area contributed by atoms with Gasteiger partial charge in [0.15, 0.2) is 5.96 Å². The van der Waals surface area contributed by atoms with E-state index in [1.165, 1.54) is 9.75 Å². The van der Waals surface area contributed by atoms with Gasteiger partial charge >= 0.3 is 0 Å². The molecule has 1 aromatic heterocycles. The highest BCUT2D eigenvalue weighted by atomic mass is 32.1. The van der Waals surface area contributed by atoms with Gasteiger partial charge in [-0.2, -0.15) is 0 Å². The molecule has 0 saturated carbocycles. The van der Waals surface area contributed by atoms with E-state index in [9.17, 15) is 0 Å². The van der Waals surface area contributed by atoms with E-state index in [1.807, 2.05) is 18.4 Å². The summed E-state index contributed by atoms with van der Waals surface area (Å²) in [5.74, 6) is 1.58. The van der Waals surface area contributed by atoms with Crippen molar-refractivity contribution in [3.8, 4) is 0 Å². The minimum Gasteiger partial charge on any atom is -0.382 e. The Labute approximate surface area is 143 Å². The number of rotatable bonds is 8. The number of nitrogens with one attached hydrogen (secondary N) is 1. The molecule has 0 amide bonds. The van der Waals surface area contributed by atoms with E-state index in [0.717, 1.165) is 45.0 Å². The minimum absolute atomic E-state index is 0.582. The fourth-order valence-corrected chi connectivity index (χ4v) is 3.66. The number of hydrogen-bond donors (Lipinski definition) is 1. The van der Waals surface area contributed by atoms with Gasteiger partial charge in [0.25, 0.3) is 0 Å². The van der Waals surface area contributed by atoms with Gasteiger partial charge < -0.3 is 19.7 Å². The summed E-state index contributed by atoms with van der Waals surface area (Å²) in [6.07, 6.45) is 2.27. The van der Waals surface area contributed by atoms with E-state index < -0.39 is 0 Å². The van der Waals surface area contributed by atoms with Crippen molar-refractivity contribution in [2.75, 3.05) is 47.1 Å². The lowest BCUT2D eigenvalue weighted by Crippen LogP contribution is -2.39. The van der Waals surface area contributed by atoms with Crippen LogP contribution in [0, 0.1) is 5.92 Å². The molecule has 130 valence electrons. The van der Waals surface area contributed by atoms with E-state index in [4.69, 9.17) is 9.47 Å². The average molecular weight is 340 g/mol. The second-order valence-electron chi connectivity index (χ2n) is 5.79. The molecule has 1 N–H and O–H groups in total. The summed E-state index contributed by atoms with van der Waals surface area (Å²) in [4.78, 5) is 9.56. The molecule has 0 aliphatic carbocycles. The topological polar surface area (TPSA) is 46.1 Å². The molecule has 2 rings (SSSR count). The third kappa shape index (κ3) is 5.79. The van der Waals surface area contributed by atoms with Crippen LogP contribution in [-0.4, -0.2) is 57.9 Å². The van der Waals surface area contributed by atoms with Gasteiger partial charge in [-0.3, -0.25) is 4.99 Å². The highest BCUT2D eigenvalue weighted by Crippen LogP contribution is 2.18. The molecule has 1 saturated heterocycles. The van der Waals surface area contributed by atoms with Crippen molar-refractivity contribution in [1.29, 1.82) is 0 Å². The standard InChI is InChI=1S/C17H29N3O2S/c1-4-15-5-6-16(23-15)11-19-17(18-2)20-8-7-14(12-20)13-22-10-9-21-3/h5-6,14H,4,7-13H2,1-3H3,(H,18,19). The lowest BCUT2D eigenvalue weighted by molar-refractivity contribution is 0.0536. The molecule has 0 aromatic carbocycles. The predicted octanol–water partition coefficient (Wildman–Crippen LogP) is 2.37. The first kappa shape index (κ1) is 18.2. The van der Waals surface area contributed by atoms with Crippen LogP contribution < -0.4 is 5.32 Å². The molecule has 0 spiro atoms. The maximum absolute atomic E-state index is 5.65. The molecule has 1 fully saturated rings. The third-order valence-electron chi connectivity index (χ3n) is 4.07. The molecular weight excluding hydrogens is 310 g/mol. The van der Waals surface area contributed by atoms with Crippen molar-refractivity contribution in [2.45, 2.75) is 26.3 Å². The Morgan fingerprint density at radius 1 is 1.39 bits per heavy atom. The van der Waals surface area contributed by atoms with E-state index in [-0.39, 0.29) is 0 Å². The van der Waals surface area contributed by atoms with Crippen molar-refractivity contribution in [2.24, 2.45) is 10.9 Å². The molecule has 6 heteroatoms. The number of hydrogen-bond acceptors (Lipinski definition) is 4. The lowest BCUT2D eigenvalue weighted by Gasteiger charge is -2.21. The minimum atomic E-state index is 0.582. The summed E-state index contributed by atoms with van der Waals surface area (Å²) in [6, 6.07) is 4.42. The van der Waals surface area contributed by atoms with Crippen LogP contribution in [0.2, 0.25) is 0 Å². The van der Waals surface area contributed by atoms with Gasteiger partial charge in [0, 0.05) is 42.9 Å². The SMILES string of the molecule is CCc1ccc(CNC(=NC)N2CCC(COCCOC)C2)s1. The second-order valence-corrected chi connectivity index (χ2v) is 7.04. The molecule has 1 aliphatic rings. The van der Waals surface area contributed by atoms with Crippen molar-refractivity contribution in [3.05, 3.63) is 21.9 Å². The first-order chi connectivity index (χ1) is 11.3. The van der Waals surface area contributed by atoms with Gasteiger partial charge in [-0.15, -0.1) is 11.3 Å². The maximum atomic E-state index is 5.65. The van der Waals surface area contributed by atoms with Gasteiger partial charge in [-0.25, -0.2) is 0 Å². The number of guanidine groups is 1. The van der Waals surface area contributed by atoms with Crippen LogP contribution in [0.4, 0.5) is 0 Å². The Balaban J connectivity index is 1.73. The van der Waals surface area contributed by atoms with Gasteiger partial charge in [-0.05, 0) is 25.0 Å². The highest BCUT2D eigenvalue weighted by molar-refractivity contribution is 7.11. The fourth-order valence-electron chi connectivity index (χ4n) is 2.76. The number of nitrogens with zero attached hydrogens (tertiary/aromatic N) is 2. The summed E-state index contributed by atoms with van der Waals surface area (Å²) in [7, 11) is 3.56. The number of ether oxygens (including phenoxy) is 2. The van der Waals surface area contributed by atoms with Crippen LogP contribution in [0.1, 0.15) is 23.1 Å². The molecular formula is C17H29N3O2S. The van der Waals surface area contributed by atoms with Gasteiger partial charge in [0.2, 0.25) is 0 Å². The molecule has 0 bridgehead atoms.